The van der Waals surface area contributed by atoms with Gasteiger partial charge in [-0.2, -0.15) is 0 Å². The summed E-state index contributed by atoms with van der Waals surface area (Å²) in [6.07, 6.45) is 0. The quantitative estimate of drug-likeness (QED) is 0.220. The first-order valence-corrected chi connectivity index (χ1v) is 13.8. The molecular weight excluding hydrogens is 494 g/mol. The standard InChI is InChI=1S/C35H21N3S/c1-3-9-23(10-4-1)33-36-34(24-11-5-2-6-12-24)38-35(37-33)26-17-19-27-25(21-26)16-15-22-18-20-30-32(31(22)27)28-13-7-8-14-29(28)39-30/h1-21H. The second kappa shape index (κ2) is 8.83. The molecule has 8 aromatic rings. The lowest BCUT2D eigenvalue weighted by molar-refractivity contribution is 1.07. The molecule has 0 radical (unpaired) electrons. The van der Waals surface area contributed by atoms with E-state index in [4.69, 9.17) is 15.0 Å². The van der Waals surface area contributed by atoms with Crippen molar-refractivity contribution in [2.45, 2.75) is 0 Å². The molecule has 0 bridgehead atoms. The number of rotatable bonds is 3. The first-order chi connectivity index (χ1) is 19.3. The third kappa shape index (κ3) is 3.69. The summed E-state index contributed by atoms with van der Waals surface area (Å²) in [6, 6.07) is 44.4. The fraction of sp³-hybridized carbons (Fsp3) is 0. The van der Waals surface area contributed by atoms with Crippen molar-refractivity contribution in [3.63, 3.8) is 0 Å². The summed E-state index contributed by atoms with van der Waals surface area (Å²) < 4.78 is 2.64. The fourth-order valence-corrected chi connectivity index (χ4v) is 6.56. The van der Waals surface area contributed by atoms with Crippen LogP contribution in [0.3, 0.4) is 0 Å². The number of thiophene rings is 1. The van der Waals surface area contributed by atoms with Crippen LogP contribution in [0.15, 0.2) is 127 Å². The Labute approximate surface area is 229 Å². The van der Waals surface area contributed by atoms with Crippen LogP contribution in [0, 0.1) is 0 Å². The summed E-state index contributed by atoms with van der Waals surface area (Å²) >= 11 is 1.86. The summed E-state index contributed by atoms with van der Waals surface area (Å²) in [5.74, 6) is 2.01. The van der Waals surface area contributed by atoms with Gasteiger partial charge in [-0.3, -0.25) is 0 Å². The van der Waals surface area contributed by atoms with E-state index in [1.165, 1.54) is 41.7 Å². The molecule has 182 valence electrons. The second-order valence-electron chi connectivity index (χ2n) is 9.67. The average molecular weight is 516 g/mol. The van der Waals surface area contributed by atoms with E-state index in [1.54, 1.807) is 0 Å². The summed E-state index contributed by atoms with van der Waals surface area (Å²) in [5, 5.41) is 7.63. The Morgan fingerprint density at radius 1 is 0.385 bits per heavy atom. The fourth-order valence-electron chi connectivity index (χ4n) is 5.45. The van der Waals surface area contributed by atoms with Crippen LogP contribution in [0.5, 0.6) is 0 Å². The van der Waals surface area contributed by atoms with Crippen molar-refractivity contribution in [3.8, 4) is 34.2 Å². The smallest absolute Gasteiger partial charge is 0.164 e. The number of nitrogens with zero attached hydrogens (tertiary/aromatic N) is 3. The molecule has 0 aliphatic carbocycles. The molecule has 0 fully saturated rings. The molecule has 0 unspecified atom stereocenters. The Morgan fingerprint density at radius 3 is 1.69 bits per heavy atom. The van der Waals surface area contributed by atoms with Crippen LogP contribution >= 0.6 is 11.3 Å². The largest absolute Gasteiger partial charge is 0.208 e. The predicted molar refractivity (Wildman–Crippen MR) is 164 cm³/mol. The minimum atomic E-state index is 0.670. The minimum absolute atomic E-state index is 0.670. The zero-order valence-electron chi connectivity index (χ0n) is 20.9. The molecule has 0 spiro atoms. The van der Waals surface area contributed by atoms with E-state index >= 15 is 0 Å². The monoisotopic (exact) mass is 515 g/mol. The average Bonchev–Trinajstić information content (AvgIpc) is 3.40. The van der Waals surface area contributed by atoms with E-state index in [2.05, 4.69) is 66.7 Å². The van der Waals surface area contributed by atoms with Crippen LogP contribution in [0.2, 0.25) is 0 Å². The lowest BCUT2D eigenvalue weighted by Crippen LogP contribution is -2.00. The van der Waals surface area contributed by atoms with Crippen molar-refractivity contribution in [3.05, 3.63) is 127 Å². The number of aromatic nitrogens is 3. The van der Waals surface area contributed by atoms with Gasteiger partial charge in [-0.25, -0.2) is 15.0 Å². The van der Waals surface area contributed by atoms with Crippen LogP contribution in [0.1, 0.15) is 0 Å². The molecule has 0 saturated carbocycles. The van der Waals surface area contributed by atoms with Crippen LogP contribution in [-0.2, 0) is 0 Å². The van der Waals surface area contributed by atoms with E-state index in [0.717, 1.165) is 16.7 Å². The van der Waals surface area contributed by atoms with Crippen molar-refractivity contribution >= 4 is 53.1 Å². The third-order valence-electron chi connectivity index (χ3n) is 7.30. The van der Waals surface area contributed by atoms with E-state index in [1.807, 2.05) is 72.0 Å². The first-order valence-electron chi connectivity index (χ1n) is 13.0. The second-order valence-corrected chi connectivity index (χ2v) is 10.8. The van der Waals surface area contributed by atoms with Gasteiger partial charge in [0.2, 0.25) is 0 Å². The molecule has 0 saturated heterocycles. The maximum Gasteiger partial charge on any atom is 0.164 e. The highest BCUT2D eigenvalue weighted by Gasteiger charge is 2.15. The molecule has 3 nitrogen and oxygen atoms in total. The van der Waals surface area contributed by atoms with Gasteiger partial charge in [0, 0.05) is 36.9 Å². The van der Waals surface area contributed by atoms with E-state index in [0.29, 0.717) is 17.5 Å². The minimum Gasteiger partial charge on any atom is -0.208 e. The number of fused-ring (bicyclic) bond motifs is 7. The molecule has 6 aromatic carbocycles. The van der Waals surface area contributed by atoms with Gasteiger partial charge < -0.3 is 0 Å². The molecule has 0 aliphatic rings. The van der Waals surface area contributed by atoms with Crippen molar-refractivity contribution < 1.29 is 0 Å². The van der Waals surface area contributed by atoms with E-state index in [-0.39, 0.29) is 0 Å². The van der Waals surface area contributed by atoms with E-state index in [9.17, 15) is 0 Å². The van der Waals surface area contributed by atoms with Crippen LogP contribution in [0.25, 0.3) is 75.9 Å². The molecule has 0 amide bonds. The van der Waals surface area contributed by atoms with Gasteiger partial charge in [0.15, 0.2) is 17.5 Å². The molecule has 0 N–H and O–H groups in total. The van der Waals surface area contributed by atoms with Crippen molar-refractivity contribution in [1.82, 2.24) is 15.0 Å². The number of hydrogen-bond donors (Lipinski definition) is 0. The Morgan fingerprint density at radius 2 is 0.974 bits per heavy atom. The van der Waals surface area contributed by atoms with Gasteiger partial charge in [0.05, 0.1) is 0 Å². The summed E-state index contributed by atoms with van der Waals surface area (Å²) in [5.41, 5.74) is 2.91. The highest BCUT2D eigenvalue weighted by molar-refractivity contribution is 7.26. The van der Waals surface area contributed by atoms with Crippen LogP contribution in [-0.4, -0.2) is 15.0 Å². The lowest BCUT2D eigenvalue weighted by Gasteiger charge is -2.10. The van der Waals surface area contributed by atoms with Crippen molar-refractivity contribution in [2.24, 2.45) is 0 Å². The molecular formula is C35H21N3S. The highest BCUT2D eigenvalue weighted by Crippen LogP contribution is 2.41. The Bertz CT molecular complexity index is 2110. The summed E-state index contributed by atoms with van der Waals surface area (Å²) in [4.78, 5) is 14.7. The van der Waals surface area contributed by atoms with Crippen LogP contribution < -0.4 is 0 Å². The lowest BCUT2D eigenvalue weighted by atomic mass is 9.96. The van der Waals surface area contributed by atoms with Crippen LogP contribution in [0.4, 0.5) is 0 Å². The van der Waals surface area contributed by atoms with Gasteiger partial charge in [0.25, 0.3) is 0 Å². The SMILES string of the molecule is c1ccc(-c2nc(-c3ccccc3)nc(-c3ccc4c(ccc5ccc6sc7ccccc7c6c54)c3)n2)cc1. The maximum atomic E-state index is 4.93. The number of benzene rings is 6. The Kier molecular flexibility index (Phi) is 5.00. The zero-order chi connectivity index (χ0) is 25.8. The molecule has 2 aromatic heterocycles. The Balaban J connectivity index is 1.36. The third-order valence-corrected chi connectivity index (χ3v) is 8.43. The van der Waals surface area contributed by atoms with Gasteiger partial charge >= 0.3 is 0 Å². The number of hydrogen-bond acceptors (Lipinski definition) is 4. The van der Waals surface area contributed by atoms with Crippen molar-refractivity contribution in [1.29, 1.82) is 0 Å². The normalized spacial score (nSPS) is 11.6. The zero-order valence-corrected chi connectivity index (χ0v) is 21.7. The molecule has 39 heavy (non-hydrogen) atoms. The first kappa shape index (κ1) is 22.1. The topological polar surface area (TPSA) is 38.7 Å². The van der Waals surface area contributed by atoms with Crippen molar-refractivity contribution in [2.75, 3.05) is 0 Å². The maximum absolute atomic E-state index is 4.93. The molecule has 2 heterocycles. The molecule has 4 heteroatoms. The summed E-state index contributed by atoms with van der Waals surface area (Å²) in [6.45, 7) is 0. The highest BCUT2D eigenvalue weighted by atomic mass is 32.1. The Hall–Kier alpha value is -4.93. The van der Waals surface area contributed by atoms with Gasteiger partial charge in [-0.1, -0.05) is 109 Å². The van der Waals surface area contributed by atoms with Gasteiger partial charge in [0.1, 0.15) is 0 Å². The molecule has 0 aliphatic heterocycles. The summed E-state index contributed by atoms with van der Waals surface area (Å²) in [7, 11) is 0. The van der Waals surface area contributed by atoms with Gasteiger partial charge in [-0.05, 0) is 39.7 Å². The molecule has 8 rings (SSSR count). The molecule has 0 atom stereocenters. The predicted octanol–water partition coefficient (Wildman–Crippen LogP) is 9.55. The van der Waals surface area contributed by atoms with E-state index < -0.39 is 0 Å². The van der Waals surface area contributed by atoms with Gasteiger partial charge in [-0.15, -0.1) is 11.3 Å².